The Kier molecular flexibility index (Phi) is 6.24. The molecule has 0 spiro atoms. The maximum absolute atomic E-state index is 12.6. The molecule has 5 heteroatoms. The van der Waals surface area contributed by atoms with Crippen molar-refractivity contribution in [3.8, 4) is 0 Å². The first-order chi connectivity index (χ1) is 13.1. The number of nitrogens with zero attached hydrogens (tertiary/aromatic N) is 1. The number of hydrogen-bond donors (Lipinski definition) is 2. The van der Waals surface area contributed by atoms with Gasteiger partial charge in [-0.3, -0.25) is 9.59 Å². The Morgan fingerprint density at radius 3 is 2.37 bits per heavy atom. The highest BCUT2D eigenvalue weighted by Gasteiger charge is 2.26. The third-order valence-electron chi connectivity index (χ3n) is 5.14. The number of piperazine rings is 1. The molecule has 0 bridgehead atoms. The number of anilines is 1. The minimum Gasteiger partial charge on any atom is -0.327 e. The molecule has 1 aliphatic rings. The maximum Gasteiger partial charge on any atom is 0.279 e. The van der Waals surface area contributed by atoms with Crippen LogP contribution in [0.15, 0.2) is 48.5 Å². The Labute approximate surface area is 161 Å². The van der Waals surface area contributed by atoms with Gasteiger partial charge in [0.05, 0.1) is 26.2 Å². The van der Waals surface area contributed by atoms with E-state index in [-0.39, 0.29) is 11.8 Å². The van der Waals surface area contributed by atoms with Crippen LogP contribution in [0.1, 0.15) is 28.4 Å². The van der Waals surface area contributed by atoms with E-state index < -0.39 is 0 Å². The second-order valence-electron chi connectivity index (χ2n) is 7.14. The highest BCUT2D eigenvalue weighted by molar-refractivity contribution is 5.94. The molecule has 0 aliphatic carbocycles. The number of carbonyl (C=O) groups excluding carboxylic acids is 2. The van der Waals surface area contributed by atoms with Crippen LogP contribution in [-0.4, -0.2) is 49.4 Å². The van der Waals surface area contributed by atoms with Crippen molar-refractivity contribution in [1.29, 1.82) is 0 Å². The number of carbonyl (C=O) groups is 2. The van der Waals surface area contributed by atoms with Gasteiger partial charge in [0, 0.05) is 11.3 Å². The first-order valence-corrected chi connectivity index (χ1v) is 9.64. The van der Waals surface area contributed by atoms with Crippen molar-refractivity contribution in [2.75, 3.05) is 38.0 Å². The van der Waals surface area contributed by atoms with Crippen LogP contribution in [0.25, 0.3) is 0 Å². The Morgan fingerprint density at radius 2 is 1.70 bits per heavy atom. The van der Waals surface area contributed by atoms with E-state index in [1.807, 2.05) is 60.4 Å². The van der Waals surface area contributed by atoms with Crippen LogP contribution in [0.2, 0.25) is 0 Å². The first kappa shape index (κ1) is 19.1. The summed E-state index contributed by atoms with van der Waals surface area (Å²) in [5, 5.41) is 3.03. The van der Waals surface area contributed by atoms with Gasteiger partial charge in [-0.05, 0) is 37.1 Å². The zero-order chi connectivity index (χ0) is 19.2. The van der Waals surface area contributed by atoms with Crippen LogP contribution >= 0.6 is 0 Å². The van der Waals surface area contributed by atoms with E-state index in [1.165, 1.54) is 4.90 Å². The lowest BCUT2D eigenvalue weighted by Gasteiger charge is -2.32. The van der Waals surface area contributed by atoms with E-state index >= 15 is 0 Å². The quantitative estimate of drug-likeness (QED) is 0.843. The van der Waals surface area contributed by atoms with Gasteiger partial charge in [-0.2, -0.15) is 0 Å². The van der Waals surface area contributed by atoms with Gasteiger partial charge in [0.15, 0.2) is 6.54 Å². The number of para-hydroxylation sites is 1. The minimum absolute atomic E-state index is 0.0317. The summed E-state index contributed by atoms with van der Waals surface area (Å²) in [4.78, 5) is 28.1. The topological polar surface area (TPSA) is 53.9 Å². The van der Waals surface area contributed by atoms with Crippen molar-refractivity contribution in [2.24, 2.45) is 0 Å². The number of quaternary nitrogens is 1. The lowest BCUT2D eigenvalue weighted by Crippen LogP contribution is -3.15. The number of amides is 2. The second kappa shape index (κ2) is 8.82. The van der Waals surface area contributed by atoms with Gasteiger partial charge >= 0.3 is 0 Å². The van der Waals surface area contributed by atoms with Crippen molar-refractivity contribution in [3.05, 3.63) is 65.2 Å². The monoisotopic (exact) mass is 366 g/mol. The SMILES string of the molecule is CCc1ccccc1NC(=O)C[NH+]1CCN(C(=O)c2ccc(C)cc2)CC1. The standard InChI is InChI=1S/C22H27N3O2/c1-3-18-6-4-5-7-20(18)23-21(26)16-24-12-14-25(15-13-24)22(27)19-10-8-17(2)9-11-19/h4-11H,3,12-16H2,1-2H3,(H,23,26)/p+1. The van der Waals surface area contributed by atoms with E-state index in [0.717, 1.165) is 41.9 Å². The van der Waals surface area contributed by atoms with Crippen LogP contribution in [0.4, 0.5) is 5.69 Å². The van der Waals surface area contributed by atoms with E-state index in [1.54, 1.807) is 0 Å². The number of hydrogen-bond acceptors (Lipinski definition) is 2. The van der Waals surface area contributed by atoms with Crippen molar-refractivity contribution in [1.82, 2.24) is 4.90 Å². The number of benzene rings is 2. The molecule has 1 aliphatic heterocycles. The maximum atomic E-state index is 12.6. The molecule has 5 nitrogen and oxygen atoms in total. The summed E-state index contributed by atoms with van der Waals surface area (Å²) in [6, 6.07) is 15.6. The number of nitrogens with one attached hydrogen (secondary N) is 2. The molecular weight excluding hydrogens is 338 g/mol. The van der Waals surface area contributed by atoms with Gasteiger partial charge < -0.3 is 15.1 Å². The number of aryl methyl sites for hydroxylation is 2. The van der Waals surface area contributed by atoms with Crippen molar-refractivity contribution in [2.45, 2.75) is 20.3 Å². The number of rotatable bonds is 5. The van der Waals surface area contributed by atoms with E-state index in [4.69, 9.17) is 0 Å². The van der Waals surface area contributed by atoms with Crippen LogP contribution in [0.5, 0.6) is 0 Å². The van der Waals surface area contributed by atoms with E-state index in [2.05, 4.69) is 12.2 Å². The average molecular weight is 366 g/mol. The van der Waals surface area contributed by atoms with Crippen molar-refractivity contribution in [3.63, 3.8) is 0 Å². The molecule has 0 radical (unpaired) electrons. The molecule has 0 atom stereocenters. The molecule has 0 saturated carbocycles. The largest absolute Gasteiger partial charge is 0.327 e. The Balaban J connectivity index is 1.49. The summed E-state index contributed by atoms with van der Waals surface area (Å²) in [6.45, 7) is 7.48. The van der Waals surface area contributed by atoms with Gasteiger partial charge in [-0.25, -0.2) is 0 Å². The van der Waals surface area contributed by atoms with Gasteiger partial charge in [0.2, 0.25) is 0 Å². The predicted molar refractivity (Wildman–Crippen MR) is 107 cm³/mol. The van der Waals surface area contributed by atoms with Crippen molar-refractivity contribution >= 4 is 17.5 Å². The summed E-state index contributed by atoms with van der Waals surface area (Å²) in [6.07, 6.45) is 0.892. The Hall–Kier alpha value is -2.66. The smallest absolute Gasteiger partial charge is 0.279 e. The molecular formula is C22H28N3O2+. The first-order valence-electron chi connectivity index (χ1n) is 9.64. The fourth-order valence-electron chi connectivity index (χ4n) is 3.45. The third-order valence-corrected chi connectivity index (χ3v) is 5.14. The van der Waals surface area contributed by atoms with Gasteiger partial charge in [-0.15, -0.1) is 0 Å². The van der Waals surface area contributed by atoms with Gasteiger partial charge in [0.1, 0.15) is 0 Å². The molecule has 1 fully saturated rings. The van der Waals surface area contributed by atoms with E-state index in [0.29, 0.717) is 19.6 Å². The summed E-state index contributed by atoms with van der Waals surface area (Å²) in [7, 11) is 0. The zero-order valence-electron chi connectivity index (χ0n) is 16.1. The second-order valence-corrected chi connectivity index (χ2v) is 7.14. The fraction of sp³-hybridized carbons (Fsp3) is 0.364. The minimum atomic E-state index is 0.0317. The Morgan fingerprint density at radius 1 is 1.04 bits per heavy atom. The molecule has 2 amide bonds. The normalized spacial score (nSPS) is 14.8. The van der Waals surface area contributed by atoms with Crippen LogP contribution < -0.4 is 10.2 Å². The highest BCUT2D eigenvalue weighted by Crippen LogP contribution is 2.15. The zero-order valence-corrected chi connectivity index (χ0v) is 16.1. The lowest BCUT2D eigenvalue weighted by molar-refractivity contribution is -0.895. The van der Waals surface area contributed by atoms with E-state index in [9.17, 15) is 9.59 Å². The average Bonchev–Trinajstić information content (AvgIpc) is 2.69. The molecule has 2 N–H and O–H groups in total. The Bertz CT molecular complexity index is 793. The molecule has 3 rings (SSSR count). The summed E-state index contributed by atoms with van der Waals surface area (Å²) in [5.74, 6) is 0.111. The molecule has 2 aromatic carbocycles. The molecule has 1 saturated heterocycles. The predicted octanol–water partition coefficient (Wildman–Crippen LogP) is 1.54. The van der Waals surface area contributed by atoms with Gasteiger partial charge in [0.25, 0.3) is 11.8 Å². The third kappa shape index (κ3) is 4.95. The molecule has 0 unspecified atom stereocenters. The van der Waals surface area contributed by atoms with Crippen LogP contribution in [-0.2, 0) is 11.2 Å². The van der Waals surface area contributed by atoms with Crippen molar-refractivity contribution < 1.29 is 14.5 Å². The van der Waals surface area contributed by atoms with Crippen LogP contribution in [0, 0.1) is 6.92 Å². The molecule has 0 aromatic heterocycles. The molecule has 27 heavy (non-hydrogen) atoms. The molecule has 1 heterocycles. The fourth-order valence-corrected chi connectivity index (χ4v) is 3.45. The van der Waals surface area contributed by atoms with Gasteiger partial charge in [-0.1, -0.05) is 42.8 Å². The lowest BCUT2D eigenvalue weighted by atomic mass is 10.1. The molecule has 142 valence electrons. The van der Waals surface area contributed by atoms with Crippen LogP contribution in [0.3, 0.4) is 0 Å². The summed E-state index contributed by atoms with van der Waals surface area (Å²) in [5.41, 5.74) is 3.93. The highest BCUT2D eigenvalue weighted by atomic mass is 16.2. The summed E-state index contributed by atoms with van der Waals surface area (Å²) < 4.78 is 0. The molecule has 2 aromatic rings. The summed E-state index contributed by atoms with van der Waals surface area (Å²) >= 11 is 0.